The van der Waals surface area contributed by atoms with Crippen LogP contribution in [0.4, 0.5) is 10.1 Å². The molecule has 2 unspecified atom stereocenters. The number of halogens is 1. The monoisotopic (exact) mass is 464 g/mol. The molecule has 3 saturated carbocycles. The van der Waals surface area contributed by atoms with Gasteiger partial charge in [-0.3, -0.25) is 9.59 Å². The zero-order valence-corrected chi connectivity index (χ0v) is 18.8. The minimum absolute atomic E-state index is 0.0493. The number of anilines is 1. The van der Waals surface area contributed by atoms with Crippen molar-refractivity contribution in [3.05, 3.63) is 58.4 Å². The fraction of sp³-hybridized carbons (Fsp3) is 0.480. The molecule has 5 heterocycles. The molecule has 5 fully saturated rings. The maximum absolute atomic E-state index is 13.5. The van der Waals surface area contributed by atoms with Crippen LogP contribution in [0.3, 0.4) is 0 Å². The van der Waals surface area contributed by atoms with E-state index in [0.717, 1.165) is 31.4 Å². The minimum atomic E-state index is -1.02. The zero-order chi connectivity index (χ0) is 23.2. The Balaban J connectivity index is 1.23. The lowest BCUT2D eigenvalue weighted by atomic mass is 9.62. The van der Waals surface area contributed by atoms with Crippen molar-refractivity contribution in [2.75, 3.05) is 11.9 Å². The second kappa shape index (κ2) is 6.69. The summed E-state index contributed by atoms with van der Waals surface area (Å²) in [7, 11) is 0. The predicted octanol–water partition coefficient (Wildman–Crippen LogP) is 3.39. The summed E-state index contributed by atoms with van der Waals surface area (Å²) in [5.74, 6) is -0.000584. The molecule has 2 atom stereocenters. The molecule has 8 rings (SSSR count). The van der Waals surface area contributed by atoms with Crippen LogP contribution < -0.4 is 15.6 Å². The smallest absolute Gasteiger partial charge is 0.274 e. The molecule has 8 nitrogen and oxygen atoms in total. The number of aromatic nitrogens is 3. The van der Waals surface area contributed by atoms with Gasteiger partial charge in [0.05, 0.1) is 35.6 Å². The molecule has 1 amide bonds. The number of nitrogens with zero attached hydrogens (tertiary/aromatic N) is 3. The van der Waals surface area contributed by atoms with E-state index in [1.165, 1.54) is 10.6 Å². The van der Waals surface area contributed by atoms with Crippen LogP contribution in [0.5, 0.6) is 5.75 Å². The third kappa shape index (κ3) is 3.10. The summed E-state index contributed by atoms with van der Waals surface area (Å²) in [5, 5.41) is 2.72. The van der Waals surface area contributed by atoms with Crippen LogP contribution in [0.25, 0.3) is 5.65 Å². The van der Waals surface area contributed by atoms with Crippen LogP contribution in [0.1, 0.15) is 61.1 Å². The first kappa shape index (κ1) is 20.2. The molecule has 3 aliphatic carbocycles. The van der Waals surface area contributed by atoms with E-state index in [1.807, 2.05) is 10.6 Å². The van der Waals surface area contributed by atoms with Gasteiger partial charge in [0, 0.05) is 36.5 Å². The van der Waals surface area contributed by atoms with Gasteiger partial charge in [0.25, 0.3) is 11.5 Å². The second-order valence-corrected chi connectivity index (χ2v) is 10.5. The highest BCUT2D eigenvalue weighted by Crippen LogP contribution is 2.58. The largest absolute Gasteiger partial charge is 0.489 e. The molecule has 1 N–H and O–H groups in total. The fourth-order valence-corrected chi connectivity index (χ4v) is 5.55. The maximum Gasteiger partial charge on any atom is 0.274 e. The highest BCUT2D eigenvalue weighted by molar-refractivity contribution is 6.06. The standard InChI is InChI=1S/C25H25FN4O4/c1-24-11-25(12-24,13-33-24)20-10-29-9-15(19(8-21(29)28-20)34-14-4-5-14)22(31)27-17-3-2-6-30(23(17)32)18-7-16(18)26/h2-3,6,8-10,14,16,18H,4-5,7,11-13H2,1H3,(H,27,31). The summed E-state index contributed by atoms with van der Waals surface area (Å²) in [5.41, 5.74) is 1.59. The van der Waals surface area contributed by atoms with Crippen LogP contribution >= 0.6 is 0 Å². The van der Waals surface area contributed by atoms with Gasteiger partial charge in [-0.25, -0.2) is 9.37 Å². The minimum Gasteiger partial charge on any atom is -0.489 e. The zero-order valence-electron chi connectivity index (χ0n) is 18.8. The molecule has 2 aliphatic heterocycles. The lowest BCUT2D eigenvalue weighted by Crippen LogP contribution is -2.45. The van der Waals surface area contributed by atoms with Gasteiger partial charge in [0.1, 0.15) is 23.3 Å². The first-order valence-corrected chi connectivity index (χ1v) is 11.8. The number of amides is 1. The summed E-state index contributed by atoms with van der Waals surface area (Å²) < 4.78 is 28.7. The van der Waals surface area contributed by atoms with Crippen LogP contribution in [0, 0.1) is 0 Å². The van der Waals surface area contributed by atoms with Crippen LogP contribution in [0.2, 0.25) is 0 Å². The van der Waals surface area contributed by atoms with Crippen LogP contribution in [0.15, 0.2) is 41.6 Å². The van der Waals surface area contributed by atoms with Crippen molar-refractivity contribution in [2.24, 2.45) is 0 Å². The summed E-state index contributed by atoms with van der Waals surface area (Å²) in [6.07, 6.45) is 8.41. The summed E-state index contributed by atoms with van der Waals surface area (Å²) in [6.45, 7) is 2.79. The number of rotatable bonds is 6. The first-order chi connectivity index (χ1) is 16.3. The normalized spacial score (nSPS) is 31.4. The number of pyridine rings is 2. The molecule has 34 heavy (non-hydrogen) atoms. The van der Waals surface area contributed by atoms with Gasteiger partial charge >= 0.3 is 0 Å². The van der Waals surface area contributed by atoms with Crippen molar-refractivity contribution in [3.63, 3.8) is 0 Å². The topological polar surface area (TPSA) is 86.9 Å². The average Bonchev–Trinajstić information content (AvgIpc) is 3.62. The molecule has 0 aromatic carbocycles. The van der Waals surface area contributed by atoms with Gasteiger partial charge in [0.15, 0.2) is 0 Å². The fourth-order valence-electron chi connectivity index (χ4n) is 5.55. The van der Waals surface area contributed by atoms with E-state index >= 15 is 0 Å². The number of alkyl halides is 1. The molecule has 3 aromatic heterocycles. The Kier molecular flexibility index (Phi) is 3.97. The Morgan fingerprint density at radius 3 is 2.79 bits per heavy atom. The van der Waals surface area contributed by atoms with Crippen LogP contribution in [-0.4, -0.2) is 44.3 Å². The number of fused-ring (bicyclic) bond motifs is 2. The number of imidazole rings is 1. The van der Waals surface area contributed by atoms with E-state index in [4.69, 9.17) is 14.5 Å². The molecule has 176 valence electrons. The van der Waals surface area contributed by atoms with Gasteiger partial charge in [-0.1, -0.05) is 0 Å². The van der Waals surface area contributed by atoms with Crippen molar-refractivity contribution in [1.29, 1.82) is 0 Å². The van der Waals surface area contributed by atoms with Gasteiger partial charge in [-0.15, -0.1) is 0 Å². The third-order valence-electron chi connectivity index (χ3n) is 7.54. The van der Waals surface area contributed by atoms with Gasteiger partial charge in [0.2, 0.25) is 0 Å². The Morgan fingerprint density at radius 1 is 1.32 bits per heavy atom. The molecule has 5 aliphatic rings. The average molecular weight is 464 g/mol. The highest BCUT2D eigenvalue weighted by Gasteiger charge is 2.61. The van der Waals surface area contributed by atoms with Gasteiger partial charge < -0.3 is 23.8 Å². The van der Waals surface area contributed by atoms with E-state index in [0.29, 0.717) is 30.0 Å². The molecular formula is C25H25FN4O4. The van der Waals surface area contributed by atoms with E-state index in [-0.39, 0.29) is 22.8 Å². The molecule has 2 bridgehead atoms. The molecular weight excluding hydrogens is 439 g/mol. The first-order valence-electron chi connectivity index (χ1n) is 11.8. The van der Waals surface area contributed by atoms with Crippen molar-refractivity contribution >= 4 is 17.2 Å². The van der Waals surface area contributed by atoms with E-state index in [1.54, 1.807) is 24.5 Å². The summed E-state index contributed by atoms with van der Waals surface area (Å²) >= 11 is 0. The molecule has 2 saturated heterocycles. The van der Waals surface area contributed by atoms with E-state index in [2.05, 4.69) is 12.2 Å². The molecule has 0 spiro atoms. The Bertz CT molecular complexity index is 1400. The Morgan fingerprint density at radius 2 is 2.12 bits per heavy atom. The Labute approximate surface area is 194 Å². The predicted molar refractivity (Wildman–Crippen MR) is 121 cm³/mol. The lowest BCUT2D eigenvalue weighted by Gasteiger charge is -2.41. The van der Waals surface area contributed by atoms with Crippen molar-refractivity contribution in [1.82, 2.24) is 14.0 Å². The van der Waals surface area contributed by atoms with Crippen molar-refractivity contribution in [2.45, 2.75) is 68.4 Å². The molecule has 9 heteroatoms. The van der Waals surface area contributed by atoms with Gasteiger partial charge in [-0.05, 0) is 44.7 Å². The maximum atomic E-state index is 13.5. The van der Waals surface area contributed by atoms with Crippen LogP contribution in [-0.2, 0) is 10.2 Å². The van der Waals surface area contributed by atoms with Crippen molar-refractivity contribution < 1.29 is 18.7 Å². The summed E-state index contributed by atoms with van der Waals surface area (Å²) in [6, 6.07) is 4.52. The second-order valence-electron chi connectivity index (χ2n) is 10.5. The molecule has 3 aromatic rings. The van der Waals surface area contributed by atoms with E-state index < -0.39 is 23.7 Å². The number of hydrogen-bond acceptors (Lipinski definition) is 5. The van der Waals surface area contributed by atoms with E-state index in [9.17, 15) is 14.0 Å². The lowest BCUT2D eigenvalue weighted by molar-refractivity contribution is 0.0154. The number of ether oxygens (including phenoxy) is 2. The summed E-state index contributed by atoms with van der Waals surface area (Å²) in [4.78, 5) is 30.9. The number of hydrogen-bond donors (Lipinski definition) is 1. The molecule has 0 radical (unpaired) electrons. The quantitative estimate of drug-likeness (QED) is 0.604. The number of carbonyl (C=O) groups is 1. The highest BCUT2D eigenvalue weighted by atomic mass is 19.1. The van der Waals surface area contributed by atoms with Crippen molar-refractivity contribution in [3.8, 4) is 5.75 Å². The Hall–Kier alpha value is -3.20. The number of nitrogens with one attached hydrogen (secondary N) is 1. The van der Waals surface area contributed by atoms with Gasteiger partial charge in [-0.2, -0.15) is 0 Å². The SMILES string of the molecule is CC12CC(c3cn4cc(C(=O)Nc5cccn(C6CC6F)c5=O)c(OC5CC5)cc4n3)(CO1)C2. The number of carbonyl (C=O) groups excluding carboxylic acids is 1. The third-order valence-corrected chi connectivity index (χ3v) is 7.54.